The van der Waals surface area contributed by atoms with Crippen molar-refractivity contribution in [2.75, 3.05) is 19.2 Å². The monoisotopic (exact) mass is 401 g/mol. The summed E-state index contributed by atoms with van der Waals surface area (Å²) < 4.78 is 32.3. The van der Waals surface area contributed by atoms with Gasteiger partial charge in [0, 0.05) is 11.4 Å². The molecule has 146 valence electrons. The molecule has 1 atom stereocenters. The predicted octanol–water partition coefficient (Wildman–Crippen LogP) is 3.84. The summed E-state index contributed by atoms with van der Waals surface area (Å²) in [6.45, 7) is 1.15. The van der Waals surface area contributed by atoms with Crippen LogP contribution in [0.1, 0.15) is 12.2 Å². The number of benzene rings is 2. The minimum Gasteiger partial charge on any atom is -0.483 e. The van der Waals surface area contributed by atoms with Gasteiger partial charge in [-0.1, -0.05) is 42.1 Å². The van der Waals surface area contributed by atoms with Crippen molar-refractivity contribution in [2.24, 2.45) is 0 Å². The Hall–Kier alpha value is -2.42. The number of hydrogen-bond donors (Lipinski definition) is 0. The molecule has 0 spiro atoms. The summed E-state index contributed by atoms with van der Waals surface area (Å²) in [5.74, 6) is 1.14. The van der Waals surface area contributed by atoms with E-state index in [0.29, 0.717) is 19.2 Å². The molecule has 2 aromatic carbocycles. The van der Waals surface area contributed by atoms with Gasteiger partial charge in [-0.15, -0.1) is 10.2 Å². The highest BCUT2D eigenvalue weighted by Crippen LogP contribution is 2.25. The summed E-state index contributed by atoms with van der Waals surface area (Å²) in [6, 6.07) is 16.1. The number of thioether (sulfide) groups is 1. The number of ether oxygens (including phenoxy) is 3. The molecular formula is C20H20FN3O3S. The standard InChI is InChI=1S/C20H20FN3O3S/c21-17-8-4-5-9-18(17)26-12-19-22-23-20(24(19)15-6-2-1-3-7-15)28-13-16-10-11-25-14-27-16/h1-9,16H,10-14H2/t16-/m1/s1. The van der Waals surface area contributed by atoms with Gasteiger partial charge in [0.2, 0.25) is 0 Å². The van der Waals surface area contributed by atoms with Crippen molar-refractivity contribution >= 4 is 11.8 Å². The number of halogens is 1. The van der Waals surface area contributed by atoms with E-state index in [0.717, 1.165) is 23.0 Å². The zero-order chi connectivity index (χ0) is 19.2. The molecule has 0 amide bonds. The van der Waals surface area contributed by atoms with Crippen molar-refractivity contribution in [3.05, 3.63) is 66.2 Å². The van der Waals surface area contributed by atoms with Gasteiger partial charge < -0.3 is 14.2 Å². The van der Waals surface area contributed by atoms with Gasteiger partial charge in [0.05, 0.1) is 12.7 Å². The zero-order valence-corrected chi connectivity index (χ0v) is 16.0. The number of rotatable bonds is 7. The van der Waals surface area contributed by atoms with E-state index in [2.05, 4.69) is 10.2 Å². The molecule has 1 aromatic heterocycles. The molecule has 0 saturated carbocycles. The third-order valence-corrected chi connectivity index (χ3v) is 5.34. The van der Waals surface area contributed by atoms with Crippen LogP contribution >= 0.6 is 11.8 Å². The van der Waals surface area contributed by atoms with Crippen molar-refractivity contribution < 1.29 is 18.6 Å². The lowest BCUT2D eigenvalue weighted by Crippen LogP contribution is -2.25. The van der Waals surface area contributed by atoms with E-state index in [1.165, 1.54) is 6.07 Å². The fourth-order valence-corrected chi connectivity index (χ4v) is 3.86. The van der Waals surface area contributed by atoms with Crippen LogP contribution in [0, 0.1) is 5.82 Å². The number of nitrogens with zero attached hydrogens (tertiary/aromatic N) is 3. The van der Waals surface area contributed by atoms with Crippen LogP contribution in [0.3, 0.4) is 0 Å². The number of hydrogen-bond acceptors (Lipinski definition) is 6. The molecule has 1 aliphatic rings. The van der Waals surface area contributed by atoms with E-state index < -0.39 is 5.82 Å². The van der Waals surface area contributed by atoms with Crippen LogP contribution in [0.4, 0.5) is 4.39 Å². The summed E-state index contributed by atoms with van der Waals surface area (Å²) in [6.07, 6.45) is 0.980. The second-order valence-electron chi connectivity index (χ2n) is 6.20. The summed E-state index contributed by atoms with van der Waals surface area (Å²) in [5, 5.41) is 9.35. The Morgan fingerprint density at radius 3 is 2.71 bits per heavy atom. The molecule has 28 heavy (non-hydrogen) atoms. The molecule has 8 heteroatoms. The fourth-order valence-electron chi connectivity index (χ4n) is 2.83. The highest BCUT2D eigenvalue weighted by Gasteiger charge is 2.19. The molecule has 6 nitrogen and oxygen atoms in total. The number of aromatic nitrogens is 3. The van der Waals surface area contributed by atoms with Crippen LogP contribution in [-0.2, 0) is 16.1 Å². The van der Waals surface area contributed by atoms with Crippen molar-refractivity contribution in [3.8, 4) is 11.4 Å². The lowest BCUT2D eigenvalue weighted by molar-refractivity contribution is -0.130. The molecule has 0 N–H and O–H groups in total. The second kappa shape index (κ2) is 9.18. The van der Waals surface area contributed by atoms with E-state index in [1.807, 2.05) is 34.9 Å². The zero-order valence-electron chi connectivity index (χ0n) is 15.2. The van der Waals surface area contributed by atoms with Gasteiger partial charge in [0.1, 0.15) is 13.4 Å². The van der Waals surface area contributed by atoms with Gasteiger partial charge in [0.15, 0.2) is 22.5 Å². The maximum Gasteiger partial charge on any atom is 0.196 e. The van der Waals surface area contributed by atoms with Gasteiger partial charge >= 0.3 is 0 Å². The quantitative estimate of drug-likeness (QED) is 0.561. The molecule has 0 aliphatic carbocycles. The topological polar surface area (TPSA) is 58.4 Å². The van der Waals surface area contributed by atoms with Gasteiger partial charge in [-0.25, -0.2) is 4.39 Å². The summed E-state index contributed by atoms with van der Waals surface area (Å²) >= 11 is 1.57. The molecule has 0 bridgehead atoms. The largest absolute Gasteiger partial charge is 0.483 e. The number of para-hydroxylation sites is 2. The van der Waals surface area contributed by atoms with E-state index >= 15 is 0 Å². The molecule has 4 rings (SSSR count). The van der Waals surface area contributed by atoms with Gasteiger partial charge in [0.25, 0.3) is 0 Å². The maximum atomic E-state index is 13.9. The highest BCUT2D eigenvalue weighted by atomic mass is 32.2. The average Bonchev–Trinajstić information content (AvgIpc) is 3.16. The Kier molecular flexibility index (Phi) is 6.20. The van der Waals surface area contributed by atoms with Gasteiger partial charge in [-0.05, 0) is 30.7 Å². The van der Waals surface area contributed by atoms with Crippen molar-refractivity contribution in [1.82, 2.24) is 14.8 Å². The third-order valence-electron chi connectivity index (χ3n) is 4.28. The first-order valence-electron chi connectivity index (χ1n) is 9.00. The lowest BCUT2D eigenvalue weighted by atomic mass is 10.3. The second-order valence-corrected chi connectivity index (χ2v) is 7.19. The van der Waals surface area contributed by atoms with Crippen LogP contribution in [0.2, 0.25) is 0 Å². The molecule has 1 aliphatic heterocycles. The Labute approximate surface area is 166 Å². The Balaban J connectivity index is 1.54. The normalized spacial score (nSPS) is 16.8. The van der Waals surface area contributed by atoms with Crippen molar-refractivity contribution in [3.63, 3.8) is 0 Å². The summed E-state index contributed by atoms with van der Waals surface area (Å²) in [5.41, 5.74) is 0.926. The van der Waals surface area contributed by atoms with Crippen LogP contribution in [0.15, 0.2) is 59.8 Å². The van der Waals surface area contributed by atoms with E-state index in [9.17, 15) is 4.39 Å². The first-order chi connectivity index (χ1) is 13.8. The van der Waals surface area contributed by atoms with Gasteiger partial charge in [-0.3, -0.25) is 4.57 Å². The average molecular weight is 401 g/mol. The first-order valence-corrected chi connectivity index (χ1v) is 9.99. The SMILES string of the molecule is Fc1ccccc1OCc1nnc(SC[C@H]2CCOCO2)n1-c1ccccc1. The first kappa shape index (κ1) is 18.9. The Morgan fingerprint density at radius 2 is 1.93 bits per heavy atom. The fraction of sp³-hybridized carbons (Fsp3) is 0.300. The highest BCUT2D eigenvalue weighted by molar-refractivity contribution is 7.99. The molecule has 0 radical (unpaired) electrons. The van der Waals surface area contributed by atoms with E-state index in [-0.39, 0.29) is 18.5 Å². The minimum atomic E-state index is -0.403. The summed E-state index contributed by atoms with van der Waals surface area (Å²) in [4.78, 5) is 0. The molecule has 3 aromatic rings. The van der Waals surface area contributed by atoms with Crippen LogP contribution in [0.25, 0.3) is 5.69 Å². The molecule has 1 fully saturated rings. The van der Waals surface area contributed by atoms with Crippen LogP contribution < -0.4 is 4.74 Å². The van der Waals surface area contributed by atoms with Crippen molar-refractivity contribution in [1.29, 1.82) is 0 Å². The smallest absolute Gasteiger partial charge is 0.196 e. The molecule has 2 heterocycles. The lowest BCUT2D eigenvalue weighted by Gasteiger charge is -2.22. The van der Waals surface area contributed by atoms with Gasteiger partial charge in [-0.2, -0.15) is 0 Å². The van der Waals surface area contributed by atoms with Crippen molar-refractivity contribution in [2.45, 2.75) is 24.3 Å². The Bertz CT molecular complexity index is 901. The maximum absolute atomic E-state index is 13.9. The molecular weight excluding hydrogens is 381 g/mol. The van der Waals surface area contributed by atoms with Crippen LogP contribution in [-0.4, -0.2) is 40.0 Å². The molecule has 1 saturated heterocycles. The predicted molar refractivity (Wildman–Crippen MR) is 103 cm³/mol. The van der Waals surface area contributed by atoms with E-state index in [4.69, 9.17) is 14.2 Å². The third kappa shape index (κ3) is 4.52. The van der Waals surface area contributed by atoms with Crippen LogP contribution in [0.5, 0.6) is 5.75 Å². The Morgan fingerprint density at radius 1 is 1.11 bits per heavy atom. The minimum absolute atomic E-state index is 0.108. The van der Waals surface area contributed by atoms with E-state index in [1.54, 1.807) is 30.0 Å². The summed E-state index contributed by atoms with van der Waals surface area (Å²) in [7, 11) is 0. The molecule has 0 unspecified atom stereocenters.